The molecule has 0 amide bonds. The molecule has 3 heterocycles. The van der Waals surface area contributed by atoms with Gasteiger partial charge in [-0.1, -0.05) is 6.07 Å². The van der Waals surface area contributed by atoms with Crippen LogP contribution in [0.25, 0.3) is 5.69 Å². The molecule has 0 spiro atoms. The van der Waals surface area contributed by atoms with Gasteiger partial charge in [0.05, 0.1) is 29.1 Å². The van der Waals surface area contributed by atoms with E-state index in [0.29, 0.717) is 6.42 Å². The summed E-state index contributed by atoms with van der Waals surface area (Å²) in [6.45, 7) is 1.61. The summed E-state index contributed by atoms with van der Waals surface area (Å²) in [5, 5.41) is 10.6. The number of sulfonamides is 1. The van der Waals surface area contributed by atoms with Gasteiger partial charge in [-0.3, -0.25) is 4.57 Å². The van der Waals surface area contributed by atoms with Crippen LogP contribution < -0.4 is 5.69 Å². The van der Waals surface area contributed by atoms with E-state index < -0.39 is 45.4 Å². The second kappa shape index (κ2) is 5.61. The molecule has 0 saturated carbocycles. The topological polar surface area (TPSA) is 84.5 Å². The van der Waals surface area contributed by atoms with Gasteiger partial charge in [-0.15, -0.1) is 0 Å². The van der Waals surface area contributed by atoms with Gasteiger partial charge in [-0.05, 0) is 31.5 Å². The molecule has 0 aliphatic carbocycles. The Bertz CT molecular complexity index is 1090. The molecule has 1 fully saturated rings. The van der Waals surface area contributed by atoms with Gasteiger partial charge in [0.2, 0.25) is 15.9 Å². The van der Waals surface area contributed by atoms with Crippen LogP contribution >= 0.6 is 0 Å². The Morgan fingerprint density at radius 3 is 2.63 bits per heavy atom. The Kier molecular flexibility index (Phi) is 3.77. The van der Waals surface area contributed by atoms with Gasteiger partial charge in [-0.2, -0.15) is 17.5 Å². The average Bonchev–Trinajstić information content (AvgIpc) is 3.26. The predicted molar refractivity (Wildman–Crippen MR) is 89.3 cm³/mol. The summed E-state index contributed by atoms with van der Waals surface area (Å²) < 4.78 is 66.8. The first-order chi connectivity index (χ1) is 12.6. The molecule has 4 rings (SSSR count). The van der Waals surface area contributed by atoms with Crippen molar-refractivity contribution in [2.24, 2.45) is 0 Å². The van der Waals surface area contributed by atoms with Crippen LogP contribution in [0.5, 0.6) is 5.88 Å². The number of benzene rings is 1. The van der Waals surface area contributed by atoms with Gasteiger partial charge in [0.15, 0.2) is 0 Å². The van der Waals surface area contributed by atoms with Crippen LogP contribution in [0.2, 0.25) is 0 Å². The number of nitrogens with zero attached hydrogens (tertiary/aromatic N) is 3. The summed E-state index contributed by atoms with van der Waals surface area (Å²) in [5.41, 5.74) is -1.62. The Hall–Kier alpha value is -2.27. The van der Waals surface area contributed by atoms with Crippen molar-refractivity contribution in [3.05, 3.63) is 46.0 Å². The minimum atomic E-state index is -4.59. The lowest BCUT2D eigenvalue weighted by Crippen LogP contribution is -2.38. The van der Waals surface area contributed by atoms with Crippen molar-refractivity contribution in [2.75, 3.05) is 12.3 Å². The van der Waals surface area contributed by atoms with Crippen molar-refractivity contribution >= 4 is 10.0 Å². The molecule has 0 radical (unpaired) electrons. The maximum absolute atomic E-state index is 13.0. The van der Waals surface area contributed by atoms with Crippen LogP contribution in [0.3, 0.4) is 0 Å². The molecule has 1 N–H and O–H groups in total. The molecule has 1 aromatic heterocycles. The number of imidazole rings is 1. The van der Waals surface area contributed by atoms with Gasteiger partial charge in [0.1, 0.15) is 5.69 Å². The number of rotatable bonds is 3. The fourth-order valence-corrected chi connectivity index (χ4v) is 5.24. The van der Waals surface area contributed by atoms with E-state index in [1.165, 1.54) is 21.9 Å². The van der Waals surface area contributed by atoms with Crippen LogP contribution in [-0.4, -0.2) is 39.3 Å². The standard InChI is InChI=1S/C16H16F3N3O4S/c1-2-27(25,26)20-8-11-7-12(20)13-14(23)22(15(24)21(11)13)10-5-3-4-9(6-10)16(17,18)19/h3-6,11-12,23H,2,7-8H2,1H3. The van der Waals surface area contributed by atoms with Gasteiger partial charge in [0, 0.05) is 6.54 Å². The summed E-state index contributed by atoms with van der Waals surface area (Å²) >= 11 is 0. The van der Waals surface area contributed by atoms with Crippen LogP contribution in [0, 0.1) is 0 Å². The Morgan fingerprint density at radius 2 is 2.00 bits per heavy atom. The van der Waals surface area contributed by atoms with Gasteiger partial charge >= 0.3 is 11.9 Å². The number of aromatic nitrogens is 2. The highest BCUT2D eigenvalue weighted by Gasteiger charge is 2.51. The minimum Gasteiger partial charge on any atom is -0.493 e. The van der Waals surface area contributed by atoms with E-state index in [1.54, 1.807) is 0 Å². The van der Waals surface area contributed by atoms with Crippen molar-refractivity contribution in [3.63, 3.8) is 0 Å². The van der Waals surface area contributed by atoms with Crippen LogP contribution in [-0.2, 0) is 16.2 Å². The zero-order valence-electron chi connectivity index (χ0n) is 14.1. The zero-order chi connectivity index (χ0) is 19.7. The van der Waals surface area contributed by atoms with E-state index >= 15 is 0 Å². The molecule has 2 atom stereocenters. The molecule has 2 aromatic rings. The first-order valence-electron chi connectivity index (χ1n) is 8.29. The lowest BCUT2D eigenvalue weighted by Gasteiger charge is -2.26. The summed E-state index contributed by atoms with van der Waals surface area (Å²) in [4.78, 5) is 12.8. The molecule has 11 heteroatoms. The van der Waals surface area contributed by atoms with Crippen LogP contribution in [0.1, 0.15) is 36.7 Å². The Morgan fingerprint density at radius 1 is 1.30 bits per heavy atom. The lowest BCUT2D eigenvalue weighted by molar-refractivity contribution is -0.137. The Balaban J connectivity index is 1.86. The van der Waals surface area contributed by atoms with E-state index in [1.807, 2.05) is 0 Å². The van der Waals surface area contributed by atoms with Crippen molar-refractivity contribution in [3.8, 4) is 11.6 Å². The highest BCUT2D eigenvalue weighted by Crippen LogP contribution is 2.49. The first-order valence-corrected chi connectivity index (χ1v) is 9.90. The molecule has 2 aliphatic rings. The maximum atomic E-state index is 13.0. The SMILES string of the molecule is CCS(=O)(=O)N1CC2CC1c1c(O)n(-c3cccc(C(F)(F)F)c3)c(=O)n12. The summed E-state index contributed by atoms with van der Waals surface area (Å²) in [6, 6.07) is 2.94. The molecule has 2 bridgehead atoms. The van der Waals surface area contributed by atoms with Crippen LogP contribution in [0.4, 0.5) is 13.2 Å². The number of halogens is 3. The monoisotopic (exact) mass is 403 g/mol. The predicted octanol–water partition coefficient (Wildman–Crippen LogP) is 2.01. The fourth-order valence-electron chi connectivity index (χ4n) is 3.93. The van der Waals surface area contributed by atoms with E-state index in [0.717, 1.165) is 22.8 Å². The van der Waals surface area contributed by atoms with Crippen molar-refractivity contribution in [1.82, 2.24) is 13.4 Å². The van der Waals surface area contributed by atoms with Crippen molar-refractivity contribution in [1.29, 1.82) is 0 Å². The average molecular weight is 403 g/mol. The first kappa shape index (κ1) is 18.1. The molecule has 146 valence electrons. The normalized spacial score (nSPS) is 22.4. The molecule has 1 aromatic carbocycles. The van der Waals surface area contributed by atoms with Gasteiger partial charge in [-0.25, -0.2) is 17.8 Å². The highest BCUT2D eigenvalue weighted by molar-refractivity contribution is 7.89. The highest BCUT2D eigenvalue weighted by atomic mass is 32.2. The maximum Gasteiger partial charge on any atom is 0.416 e. The number of hydrogen-bond donors (Lipinski definition) is 1. The number of fused-ring (bicyclic) bond motifs is 5. The molecular weight excluding hydrogens is 387 g/mol. The molecule has 2 aliphatic heterocycles. The summed E-state index contributed by atoms with van der Waals surface area (Å²) in [6.07, 6.45) is -4.23. The second-order valence-corrected chi connectivity index (χ2v) is 8.83. The smallest absolute Gasteiger partial charge is 0.416 e. The molecule has 2 unspecified atom stereocenters. The fraction of sp³-hybridized carbons (Fsp3) is 0.438. The Labute approximate surface area is 152 Å². The third kappa shape index (κ3) is 2.52. The molecule has 7 nitrogen and oxygen atoms in total. The van der Waals surface area contributed by atoms with Crippen molar-refractivity contribution in [2.45, 2.75) is 31.6 Å². The molecule has 1 saturated heterocycles. The van der Waals surface area contributed by atoms with E-state index in [-0.39, 0.29) is 23.7 Å². The van der Waals surface area contributed by atoms with Gasteiger partial charge in [0.25, 0.3) is 0 Å². The summed E-state index contributed by atoms with van der Waals surface area (Å²) in [7, 11) is -3.53. The third-order valence-corrected chi connectivity index (χ3v) is 7.01. The van der Waals surface area contributed by atoms with E-state index in [4.69, 9.17) is 0 Å². The quantitative estimate of drug-likeness (QED) is 0.850. The van der Waals surface area contributed by atoms with Crippen LogP contribution in [0.15, 0.2) is 29.1 Å². The van der Waals surface area contributed by atoms with E-state index in [2.05, 4.69) is 0 Å². The molecular formula is C16H16F3N3O4S. The summed E-state index contributed by atoms with van der Waals surface area (Å²) in [5.74, 6) is -0.641. The molecule has 27 heavy (non-hydrogen) atoms. The lowest BCUT2D eigenvalue weighted by atomic mass is 10.2. The number of hydrogen-bond acceptors (Lipinski definition) is 4. The van der Waals surface area contributed by atoms with Crippen molar-refractivity contribution < 1.29 is 26.7 Å². The largest absolute Gasteiger partial charge is 0.493 e. The zero-order valence-corrected chi connectivity index (χ0v) is 15.0. The number of alkyl halides is 3. The third-order valence-electron chi connectivity index (χ3n) is 5.17. The van der Waals surface area contributed by atoms with E-state index in [9.17, 15) is 31.5 Å². The number of aromatic hydroxyl groups is 1. The second-order valence-electron chi connectivity index (χ2n) is 6.62. The van der Waals surface area contributed by atoms with Gasteiger partial charge < -0.3 is 5.11 Å². The minimum absolute atomic E-state index is 0.111.